The van der Waals surface area contributed by atoms with Gasteiger partial charge in [-0.1, -0.05) is 0 Å². The summed E-state index contributed by atoms with van der Waals surface area (Å²) in [5.74, 6) is 0. The number of nitrogens with one attached hydrogen (secondary N) is 1. The maximum Gasteiger partial charge on any atom is 0.309 e. The van der Waals surface area contributed by atoms with Crippen molar-refractivity contribution in [2.24, 2.45) is 0 Å². The molecule has 1 N–H and O–H groups in total. The molecular formula is C11H21N2O. The summed E-state index contributed by atoms with van der Waals surface area (Å²) >= 11 is 0. The number of hydrogen-bond acceptors (Lipinski definition) is 2. The van der Waals surface area contributed by atoms with E-state index in [4.69, 9.17) is 0 Å². The van der Waals surface area contributed by atoms with Crippen LogP contribution >= 0.6 is 0 Å². The second kappa shape index (κ2) is 3.54. The Labute approximate surface area is 86.9 Å². The van der Waals surface area contributed by atoms with Gasteiger partial charge in [-0.15, -0.1) is 0 Å². The summed E-state index contributed by atoms with van der Waals surface area (Å²) in [5, 5.41) is 2.78. The smallest absolute Gasteiger partial charge is 0.309 e. The molecule has 1 saturated heterocycles. The first-order valence-electron chi connectivity index (χ1n) is 5.16. The number of piperidine rings is 1. The van der Waals surface area contributed by atoms with Gasteiger partial charge in [-0.3, -0.25) is 9.69 Å². The third-order valence-electron chi connectivity index (χ3n) is 3.57. The zero-order valence-electron chi connectivity index (χ0n) is 9.85. The molecule has 1 heterocycles. The number of amides is 1. The summed E-state index contributed by atoms with van der Waals surface area (Å²) in [6.07, 6.45) is 3.79. The predicted octanol–water partition coefficient (Wildman–Crippen LogP) is 1.29. The van der Waals surface area contributed by atoms with E-state index < -0.39 is 0 Å². The molecule has 0 aromatic carbocycles. The third-order valence-corrected chi connectivity index (χ3v) is 3.57. The van der Waals surface area contributed by atoms with E-state index >= 15 is 0 Å². The van der Waals surface area contributed by atoms with Crippen molar-refractivity contribution in [3.63, 3.8) is 0 Å². The summed E-state index contributed by atoms with van der Waals surface area (Å²) < 4.78 is 0. The Morgan fingerprint density at radius 3 is 2.00 bits per heavy atom. The molecular weight excluding hydrogens is 176 g/mol. The maximum absolute atomic E-state index is 10.3. The largest absolute Gasteiger partial charge is 0.345 e. The summed E-state index contributed by atoms with van der Waals surface area (Å²) in [4.78, 5) is 12.7. The maximum atomic E-state index is 10.3. The van der Waals surface area contributed by atoms with Crippen molar-refractivity contribution in [2.45, 2.75) is 57.7 Å². The van der Waals surface area contributed by atoms with Crippen molar-refractivity contribution in [1.82, 2.24) is 10.2 Å². The lowest BCUT2D eigenvalue weighted by atomic mass is 9.77. The average Bonchev–Trinajstić information content (AvgIpc) is 1.99. The number of rotatable bonds is 2. The van der Waals surface area contributed by atoms with E-state index in [0.717, 1.165) is 12.8 Å². The van der Waals surface area contributed by atoms with Gasteiger partial charge in [-0.2, -0.15) is 0 Å². The van der Waals surface area contributed by atoms with Crippen LogP contribution < -0.4 is 5.32 Å². The fraction of sp³-hybridized carbons (Fsp3) is 0.909. The van der Waals surface area contributed by atoms with Crippen LogP contribution in [0.25, 0.3) is 0 Å². The molecule has 0 bridgehead atoms. The lowest BCUT2D eigenvalue weighted by Gasteiger charge is -2.53. The Morgan fingerprint density at radius 2 is 1.64 bits per heavy atom. The van der Waals surface area contributed by atoms with Crippen LogP contribution in [0.15, 0.2) is 0 Å². The second-order valence-corrected chi connectivity index (χ2v) is 5.54. The first-order valence-corrected chi connectivity index (χ1v) is 5.16. The van der Waals surface area contributed by atoms with Gasteiger partial charge in [-0.25, -0.2) is 0 Å². The number of hydrogen-bond donors (Lipinski definition) is 1. The highest BCUT2D eigenvalue weighted by Gasteiger charge is 2.42. The minimum absolute atomic E-state index is 0.135. The van der Waals surface area contributed by atoms with Gasteiger partial charge in [0.25, 0.3) is 0 Å². The molecule has 1 fully saturated rings. The fourth-order valence-electron chi connectivity index (χ4n) is 2.56. The molecule has 1 amide bonds. The second-order valence-electron chi connectivity index (χ2n) is 5.54. The Hall–Kier alpha value is -0.570. The molecule has 0 unspecified atom stereocenters. The average molecular weight is 197 g/mol. The van der Waals surface area contributed by atoms with E-state index in [2.05, 4.69) is 45.0 Å². The topological polar surface area (TPSA) is 32.3 Å². The van der Waals surface area contributed by atoms with Crippen LogP contribution in [0.2, 0.25) is 0 Å². The molecule has 3 nitrogen and oxygen atoms in total. The normalized spacial score (nSPS) is 27.2. The SMILES string of the molecule is CN1C(C)(C)CC(N[C]=O)CC1(C)C. The zero-order chi connectivity index (χ0) is 11.0. The first kappa shape index (κ1) is 11.5. The molecule has 81 valence electrons. The van der Waals surface area contributed by atoms with E-state index in [1.165, 1.54) is 0 Å². The van der Waals surface area contributed by atoms with Crippen molar-refractivity contribution >= 4 is 6.41 Å². The lowest BCUT2D eigenvalue weighted by molar-refractivity contribution is -0.0147. The standard InChI is InChI=1S/C11H21N2O/c1-10(2)6-9(12-8-14)7-11(3,4)13(10)5/h9H,6-7H2,1-5H3,(H,12,14). The molecule has 3 heteroatoms. The van der Waals surface area contributed by atoms with Gasteiger partial charge < -0.3 is 5.32 Å². The Balaban J connectivity index is 2.80. The van der Waals surface area contributed by atoms with Gasteiger partial charge in [0.15, 0.2) is 0 Å². The van der Waals surface area contributed by atoms with Crippen LogP contribution in [0.3, 0.4) is 0 Å². The molecule has 0 aromatic heterocycles. The van der Waals surface area contributed by atoms with Gasteiger partial charge >= 0.3 is 6.41 Å². The Bertz CT molecular complexity index is 205. The molecule has 1 radical (unpaired) electrons. The van der Waals surface area contributed by atoms with E-state index in [9.17, 15) is 4.79 Å². The van der Waals surface area contributed by atoms with Crippen molar-refractivity contribution < 1.29 is 4.79 Å². The highest BCUT2D eigenvalue weighted by atomic mass is 16.1. The molecule has 0 atom stereocenters. The van der Waals surface area contributed by atoms with Gasteiger partial charge in [0.1, 0.15) is 0 Å². The van der Waals surface area contributed by atoms with E-state index in [1.807, 2.05) is 6.41 Å². The summed E-state index contributed by atoms with van der Waals surface area (Å²) in [7, 11) is 2.15. The van der Waals surface area contributed by atoms with Crippen LogP contribution in [0, 0.1) is 0 Å². The molecule has 1 rings (SSSR count). The minimum atomic E-state index is 0.135. The number of likely N-dealkylation sites (tertiary alicyclic amines) is 1. The van der Waals surface area contributed by atoms with E-state index in [-0.39, 0.29) is 17.1 Å². The van der Waals surface area contributed by atoms with Crippen LogP contribution in [0.4, 0.5) is 0 Å². The highest BCUT2D eigenvalue weighted by Crippen LogP contribution is 2.36. The van der Waals surface area contributed by atoms with Crippen molar-refractivity contribution in [2.75, 3.05) is 7.05 Å². The molecule has 1 aliphatic heterocycles. The summed E-state index contributed by atoms with van der Waals surface area (Å²) in [6, 6.07) is 0.258. The molecule has 0 spiro atoms. The zero-order valence-corrected chi connectivity index (χ0v) is 9.85. The number of nitrogens with zero attached hydrogens (tertiary/aromatic N) is 1. The first-order chi connectivity index (χ1) is 6.29. The van der Waals surface area contributed by atoms with Gasteiger partial charge in [-0.05, 0) is 47.6 Å². The summed E-state index contributed by atoms with van der Waals surface area (Å²) in [5.41, 5.74) is 0.270. The minimum Gasteiger partial charge on any atom is -0.345 e. The van der Waals surface area contributed by atoms with Crippen molar-refractivity contribution in [3.8, 4) is 0 Å². The lowest BCUT2D eigenvalue weighted by Crippen LogP contribution is -2.62. The Morgan fingerprint density at radius 1 is 1.21 bits per heavy atom. The Kier molecular flexibility index (Phi) is 2.91. The summed E-state index contributed by atoms with van der Waals surface area (Å²) in [6.45, 7) is 8.86. The van der Waals surface area contributed by atoms with Crippen LogP contribution in [-0.4, -0.2) is 35.5 Å². The fourth-order valence-corrected chi connectivity index (χ4v) is 2.56. The van der Waals surface area contributed by atoms with E-state index in [1.54, 1.807) is 0 Å². The van der Waals surface area contributed by atoms with Crippen molar-refractivity contribution in [1.29, 1.82) is 0 Å². The quantitative estimate of drug-likeness (QED) is 0.677. The third kappa shape index (κ3) is 2.08. The van der Waals surface area contributed by atoms with Gasteiger partial charge in [0, 0.05) is 17.1 Å². The molecule has 14 heavy (non-hydrogen) atoms. The molecule has 0 aliphatic carbocycles. The van der Waals surface area contributed by atoms with Crippen LogP contribution in [0.1, 0.15) is 40.5 Å². The van der Waals surface area contributed by atoms with Crippen molar-refractivity contribution in [3.05, 3.63) is 0 Å². The monoisotopic (exact) mass is 197 g/mol. The van der Waals surface area contributed by atoms with Gasteiger partial charge in [0.2, 0.25) is 0 Å². The van der Waals surface area contributed by atoms with Crippen LogP contribution in [0.5, 0.6) is 0 Å². The molecule has 1 aliphatic rings. The van der Waals surface area contributed by atoms with E-state index in [0.29, 0.717) is 0 Å². The molecule has 0 aromatic rings. The predicted molar refractivity (Wildman–Crippen MR) is 57.8 cm³/mol. The molecule has 0 saturated carbocycles. The highest BCUT2D eigenvalue weighted by molar-refractivity contribution is 5.47. The number of carbonyl (C=O) groups excluding carboxylic acids is 1. The van der Waals surface area contributed by atoms with Gasteiger partial charge in [0.05, 0.1) is 0 Å². The van der Waals surface area contributed by atoms with Crippen LogP contribution in [-0.2, 0) is 4.79 Å².